The normalized spacial score (nSPS) is 17.4. The zero-order chi connectivity index (χ0) is 31.4. The van der Waals surface area contributed by atoms with E-state index in [1.807, 2.05) is 0 Å². The first-order valence-electron chi connectivity index (χ1n) is 12.9. The van der Waals surface area contributed by atoms with Crippen molar-refractivity contribution in [3.63, 3.8) is 0 Å². The lowest BCUT2D eigenvalue weighted by Gasteiger charge is -2.40. The van der Waals surface area contributed by atoms with Gasteiger partial charge in [-0.2, -0.15) is 13.2 Å². The molecule has 4 N–H and O–H groups in total. The first kappa shape index (κ1) is 30.8. The summed E-state index contributed by atoms with van der Waals surface area (Å²) < 4.78 is 44.8. The fraction of sp³-hybridized carbons (Fsp3) is 0.241. The lowest BCUT2D eigenvalue weighted by atomic mass is 10.0. The number of nitrogens with zero attached hydrogens (tertiary/aromatic N) is 1. The summed E-state index contributed by atoms with van der Waals surface area (Å²) in [5.74, 6) is -9.45. The number of nitrogens with one attached hydrogen (secondary N) is 1. The largest absolute Gasteiger partial charge is 0.508 e. The molecule has 1 unspecified atom stereocenters. The third kappa shape index (κ3) is 7.04. The minimum absolute atomic E-state index is 0.0269. The first-order chi connectivity index (χ1) is 20.3. The zero-order valence-electron chi connectivity index (χ0n) is 22.3. The van der Waals surface area contributed by atoms with E-state index in [4.69, 9.17) is 9.57 Å². The molecule has 226 valence electrons. The average Bonchev–Trinajstić information content (AvgIpc) is 3.15. The van der Waals surface area contributed by atoms with Crippen molar-refractivity contribution >= 4 is 23.6 Å². The Morgan fingerprint density at radius 1 is 0.837 bits per heavy atom. The van der Waals surface area contributed by atoms with Crippen molar-refractivity contribution in [2.24, 2.45) is 0 Å². The molecule has 0 aliphatic carbocycles. The summed E-state index contributed by atoms with van der Waals surface area (Å²) in [6, 6.07) is 13.5. The monoisotopic (exact) mass is 602 g/mol. The number of ether oxygens (including phenoxy) is 1. The molecule has 0 radical (unpaired) electrons. The van der Waals surface area contributed by atoms with Crippen LogP contribution in [0.25, 0.3) is 0 Å². The minimum Gasteiger partial charge on any atom is -0.508 e. The molecule has 1 saturated heterocycles. The molecule has 0 saturated carbocycles. The molecule has 4 rings (SSSR count). The van der Waals surface area contributed by atoms with Crippen LogP contribution in [0.3, 0.4) is 0 Å². The zero-order valence-corrected chi connectivity index (χ0v) is 22.3. The van der Waals surface area contributed by atoms with E-state index in [1.165, 1.54) is 60.7 Å². The second-order valence-electron chi connectivity index (χ2n) is 9.55. The van der Waals surface area contributed by atoms with Crippen LogP contribution in [-0.2, 0) is 14.4 Å². The number of esters is 1. The molecular weight excluding hydrogens is 577 g/mol. The van der Waals surface area contributed by atoms with Gasteiger partial charge in [-0.05, 0) is 55.3 Å². The number of carbonyl (C=O) groups is 4. The Bertz CT molecular complexity index is 1540. The predicted octanol–water partition coefficient (Wildman–Crippen LogP) is 4.17. The fourth-order valence-electron chi connectivity index (χ4n) is 4.36. The summed E-state index contributed by atoms with van der Waals surface area (Å²) in [7, 11) is 0. The maximum absolute atomic E-state index is 13.3. The Hall–Kier alpha value is -5.11. The number of phenolic OH excluding ortho intramolecular Hbond substituents is 3. The van der Waals surface area contributed by atoms with Crippen molar-refractivity contribution in [3.8, 4) is 17.2 Å². The number of benzene rings is 3. The third-order valence-corrected chi connectivity index (χ3v) is 6.53. The van der Waals surface area contributed by atoms with Crippen LogP contribution in [0, 0.1) is 0 Å². The molecule has 0 spiro atoms. The highest BCUT2D eigenvalue weighted by Gasteiger charge is 2.52. The number of amides is 1. The summed E-state index contributed by atoms with van der Waals surface area (Å²) in [5, 5.41) is 32.3. The number of halogens is 3. The number of ketones is 1. The van der Waals surface area contributed by atoms with Crippen molar-refractivity contribution in [3.05, 3.63) is 89.0 Å². The highest BCUT2D eigenvalue weighted by molar-refractivity contribution is 6.11. The highest BCUT2D eigenvalue weighted by atomic mass is 19.4. The number of rotatable bonds is 7. The molecule has 1 amide bonds. The van der Waals surface area contributed by atoms with Crippen molar-refractivity contribution in [2.75, 3.05) is 6.54 Å². The second kappa shape index (κ2) is 12.4. The number of hydroxylamine groups is 2. The molecule has 43 heavy (non-hydrogen) atoms. The lowest BCUT2D eigenvalue weighted by molar-refractivity contribution is -0.293. The van der Waals surface area contributed by atoms with Gasteiger partial charge >= 0.3 is 18.1 Å². The average molecular weight is 603 g/mol. The molecule has 0 aromatic heterocycles. The number of hydrogen-bond donors (Lipinski definition) is 4. The van der Waals surface area contributed by atoms with Gasteiger partial charge in [-0.1, -0.05) is 35.7 Å². The van der Waals surface area contributed by atoms with Crippen molar-refractivity contribution in [1.29, 1.82) is 0 Å². The minimum atomic E-state index is -5.45. The third-order valence-electron chi connectivity index (χ3n) is 6.53. The number of phenols is 3. The lowest BCUT2D eigenvalue weighted by Crippen LogP contribution is -2.64. The molecule has 14 heteroatoms. The summed E-state index contributed by atoms with van der Waals surface area (Å²) >= 11 is 0. The Labute approximate surface area is 242 Å². The molecule has 1 heterocycles. The molecule has 3 aromatic rings. The van der Waals surface area contributed by atoms with E-state index in [1.54, 1.807) is 0 Å². The van der Waals surface area contributed by atoms with Gasteiger partial charge in [-0.15, -0.1) is 0 Å². The molecular formula is C29H25F3N2O9. The van der Waals surface area contributed by atoms with Gasteiger partial charge in [0.1, 0.15) is 5.75 Å². The smallest absolute Gasteiger partial charge is 0.491 e. The van der Waals surface area contributed by atoms with Gasteiger partial charge in [0.2, 0.25) is 0 Å². The molecule has 1 fully saturated rings. The van der Waals surface area contributed by atoms with Crippen LogP contribution in [0.15, 0.2) is 66.7 Å². The van der Waals surface area contributed by atoms with Crippen LogP contribution in [0.5, 0.6) is 17.2 Å². The van der Waals surface area contributed by atoms with Crippen LogP contribution in [0.1, 0.15) is 62.3 Å². The van der Waals surface area contributed by atoms with Gasteiger partial charge in [0.05, 0.1) is 11.1 Å². The van der Waals surface area contributed by atoms with Crippen molar-refractivity contribution in [1.82, 2.24) is 10.4 Å². The van der Waals surface area contributed by atoms with Crippen LogP contribution in [0.2, 0.25) is 0 Å². The van der Waals surface area contributed by atoms with E-state index in [2.05, 4.69) is 5.32 Å². The maximum Gasteiger partial charge on any atom is 0.491 e. The summed E-state index contributed by atoms with van der Waals surface area (Å²) in [5.41, 5.74) is -0.495. The van der Waals surface area contributed by atoms with Gasteiger partial charge in [-0.3, -0.25) is 14.9 Å². The molecule has 3 aromatic carbocycles. The molecule has 1 aliphatic heterocycles. The van der Waals surface area contributed by atoms with Gasteiger partial charge in [0, 0.05) is 24.1 Å². The molecule has 1 atom stereocenters. The van der Waals surface area contributed by atoms with Gasteiger partial charge < -0.3 is 24.9 Å². The number of hydrogen-bond acceptors (Lipinski definition) is 10. The first-order valence-corrected chi connectivity index (χ1v) is 12.9. The predicted molar refractivity (Wildman–Crippen MR) is 141 cm³/mol. The summed E-state index contributed by atoms with van der Waals surface area (Å²) in [4.78, 5) is 56.4. The molecule has 0 bridgehead atoms. The number of alkyl halides is 3. The number of aromatic hydroxyl groups is 3. The van der Waals surface area contributed by atoms with Gasteiger partial charge in [0.25, 0.3) is 11.8 Å². The Balaban J connectivity index is 1.62. The Morgan fingerprint density at radius 3 is 2.19 bits per heavy atom. The van der Waals surface area contributed by atoms with Crippen LogP contribution < -0.4 is 5.32 Å². The van der Waals surface area contributed by atoms with E-state index in [9.17, 15) is 47.7 Å². The van der Waals surface area contributed by atoms with E-state index in [0.29, 0.717) is 17.9 Å². The molecule has 1 aliphatic rings. The number of para-hydroxylation sites is 1. The summed E-state index contributed by atoms with van der Waals surface area (Å²) in [6.45, 7) is -0.232. The quantitative estimate of drug-likeness (QED) is 0.134. The van der Waals surface area contributed by atoms with Crippen molar-refractivity contribution in [2.45, 2.75) is 37.7 Å². The summed E-state index contributed by atoms with van der Waals surface area (Å²) in [6.07, 6.45) is -4.93. The van der Waals surface area contributed by atoms with Crippen LogP contribution >= 0.6 is 0 Å². The highest BCUT2D eigenvalue weighted by Crippen LogP contribution is 2.32. The fourth-order valence-corrected chi connectivity index (χ4v) is 4.36. The van der Waals surface area contributed by atoms with Gasteiger partial charge in [-0.25, -0.2) is 9.59 Å². The Kier molecular flexibility index (Phi) is 8.90. The maximum atomic E-state index is 13.3. The van der Waals surface area contributed by atoms with E-state index in [0.717, 1.165) is 6.07 Å². The van der Waals surface area contributed by atoms with E-state index in [-0.39, 0.29) is 47.4 Å². The van der Waals surface area contributed by atoms with Crippen LogP contribution in [-0.4, -0.2) is 62.6 Å². The second-order valence-corrected chi connectivity index (χ2v) is 9.55. The molecule has 11 nitrogen and oxygen atoms in total. The standard InChI is InChI=1S/C29H25F3N2O9/c30-29(31,32)27(41)42-28(33-25(39)19-6-4-7-20(35)16-19)14-2-1-3-15-34(28)43-26(40)18-12-10-17(11-13-18)23(37)21-8-5-9-22(36)24(21)38/h4-13,16,35-36,38H,1-3,14-15H2,(H,33,39). The van der Waals surface area contributed by atoms with Crippen LogP contribution in [0.4, 0.5) is 13.2 Å². The van der Waals surface area contributed by atoms with Crippen molar-refractivity contribution < 1.29 is 57.2 Å². The van der Waals surface area contributed by atoms with E-state index < -0.39 is 47.2 Å². The van der Waals surface area contributed by atoms with E-state index >= 15 is 0 Å². The Morgan fingerprint density at radius 2 is 1.51 bits per heavy atom. The van der Waals surface area contributed by atoms with Gasteiger partial charge in [0.15, 0.2) is 17.3 Å². The topological polar surface area (TPSA) is 163 Å². The number of carbonyl (C=O) groups excluding carboxylic acids is 4. The SMILES string of the molecule is O=C(NC1(OC(=O)C(F)(F)F)CCCCCN1OC(=O)c1ccc(C(=O)c2cccc(O)c2O)cc1)c1cccc(O)c1.